The van der Waals surface area contributed by atoms with Gasteiger partial charge in [-0.05, 0) is 51.7 Å². The maximum absolute atomic E-state index is 12.3. The van der Waals surface area contributed by atoms with Gasteiger partial charge in [0, 0.05) is 25.2 Å². The van der Waals surface area contributed by atoms with E-state index in [-0.39, 0.29) is 17.5 Å². The van der Waals surface area contributed by atoms with Crippen molar-refractivity contribution < 1.29 is 14.3 Å². The number of urea groups is 1. The number of para-hydroxylation sites is 1. The zero-order valence-corrected chi connectivity index (χ0v) is 15.6. The molecule has 6 heteroatoms. The fourth-order valence-electron chi connectivity index (χ4n) is 2.90. The fourth-order valence-corrected chi connectivity index (χ4v) is 2.90. The number of carbonyl (C=O) groups excluding carboxylic acids is 2. The highest BCUT2D eigenvalue weighted by Crippen LogP contribution is 2.19. The predicted molar refractivity (Wildman–Crippen MR) is 97.9 cm³/mol. The Kier molecular flexibility index (Phi) is 6.28. The lowest BCUT2D eigenvalue weighted by atomic mass is 9.96. The molecule has 1 aliphatic heterocycles. The van der Waals surface area contributed by atoms with Crippen LogP contribution in [-0.4, -0.2) is 49.1 Å². The van der Waals surface area contributed by atoms with Crippen LogP contribution in [0.25, 0.3) is 0 Å². The maximum atomic E-state index is 12.3. The molecule has 25 heavy (non-hydrogen) atoms. The lowest BCUT2D eigenvalue weighted by Crippen LogP contribution is -2.51. The molecular weight excluding hydrogens is 318 g/mol. The first-order valence-electron chi connectivity index (χ1n) is 8.78. The van der Waals surface area contributed by atoms with E-state index in [1.807, 2.05) is 37.8 Å². The Morgan fingerprint density at radius 3 is 2.44 bits per heavy atom. The van der Waals surface area contributed by atoms with Crippen molar-refractivity contribution in [2.24, 2.45) is 5.92 Å². The number of hydrogen-bond acceptors (Lipinski definition) is 3. The van der Waals surface area contributed by atoms with Gasteiger partial charge < -0.3 is 20.3 Å². The van der Waals surface area contributed by atoms with E-state index in [9.17, 15) is 9.59 Å². The lowest BCUT2D eigenvalue weighted by molar-refractivity contribution is 0.0934. The van der Waals surface area contributed by atoms with Gasteiger partial charge in [-0.3, -0.25) is 4.79 Å². The van der Waals surface area contributed by atoms with Crippen molar-refractivity contribution in [3.63, 3.8) is 0 Å². The number of ether oxygens (including phenoxy) is 1. The van der Waals surface area contributed by atoms with Crippen LogP contribution in [-0.2, 0) is 0 Å². The van der Waals surface area contributed by atoms with Crippen molar-refractivity contribution in [3.05, 3.63) is 29.8 Å². The van der Waals surface area contributed by atoms with Crippen LogP contribution in [0, 0.1) is 5.92 Å². The number of likely N-dealkylation sites (tertiary alicyclic amines) is 1. The summed E-state index contributed by atoms with van der Waals surface area (Å²) in [5.41, 5.74) is 0.323. The zero-order chi connectivity index (χ0) is 18.4. The molecule has 3 amide bonds. The average Bonchev–Trinajstić information content (AvgIpc) is 2.58. The minimum atomic E-state index is -0.226. The summed E-state index contributed by atoms with van der Waals surface area (Å²) >= 11 is 0. The molecular formula is C19H29N3O3. The number of carbonyl (C=O) groups is 2. The minimum Gasteiger partial charge on any atom is -0.496 e. The van der Waals surface area contributed by atoms with Gasteiger partial charge >= 0.3 is 6.03 Å². The Morgan fingerprint density at radius 1 is 1.20 bits per heavy atom. The van der Waals surface area contributed by atoms with Crippen molar-refractivity contribution in [3.8, 4) is 5.75 Å². The van der Waals surface area contributed by atoms with E-state index in [1.54, 1.807) is 19.2 Å². The number of hydrogen-bond donors (Lipinski definition) is 2. The molecule has 1 fully saturated rings. The van der Waals surface area contributed by atoms with Crippen molar-refractivity contribution in [1.82, 2.24) is 15.5 Å². The van der Waals surface area contributed by atoms with Crippen LogP contribution < -0.4 is 15.4 Å². The molecule has 2 N–H and O–H groups in total. The maximum Gasteiger partial charge on any atom is 0.317 e. The molecule has 1 aliphatic rings. The largest absolute Gasteiger partial charge is 0.496 e. The quantitative estimate of drug-likeness (QED) is 0.880. The molecule has 6 nitrogen and oxygen atoms in total. The first kappa shape index (κ1) is 19.1. The molecule has 1 aromatic rings. The fraction of sp³-hybridized carbons (Fsp3) is 0.579. The number of benzene rings is 1. The molecule has 0 aliphatic carbocycles. The van der Waals surface area contributed by atoms with Crippen molar-refractivity contribution in [1.29, 1.82) is 0 Å². The van der Waals surface area contributed by atoms with E-state index in [0.29, 0.717) is 23.8 Å². The van der Waals surface area contributed by atoms with Crippen LogP contribution in [0.4, 0.5) is 4.79 Å². The highest BCUT2D eigenvalue weighted by atomic mass is 16.5. The third kappa shape index (κ3) is 5.66. The van der Waals surface area contributed by atoms with Gasteiger partial charge in [0.05, 0.1) is 12.7 Å². The van der Waals surface area contributed by atoms with Crippen LogP contribution in [0.3, 0.4) is 0 Å². The van der Waals surface area contributed by atoms with E-state index >= 15 is 0 Å². The zero-order valence-electron chi connectivity index (χ0n) is 15.6. The Balaban J connectivity index is 1.79. The number of rotatable bonds is 4. The molecule has 0 atom stereocenters. The third-order valence-electron chi connectivity index (χ3n) is 4.29. The summed E-state index contributed by atoms with van der Waals surface area (Å²) in [4.78, 5) is 26.4. The van der Waals surface area contributed by atoms with E-state index in [2.05, 4.69) is 10.6 Å². The Labute approximate surface area is 149 Å². The van der Waals surface area contributed by atoms with Gasteiger partial charge in [-0.1, -0.05) is 12.1 Å². The van der Waals surface area contributed by atoms with Crippen LogP contribution >= 0.6 is 0 Å². The predicted octanol–water partition coefficient (Wildman–Crippen LogP) is 2.65. The second kappa shape index (κ2) is 8.23. The van der Waals surface area contributed by atoms with Gasteiger partial charge in [0.15, 0.2) is 0 Å². The summed E-state index contributed by atoms with van der Waals surface area (Å²) in [7, 11) is 1.56. The molecule has 0 unspecified atom stereocenters. The van der Waals surface area contributed by atoms with E-state index < -0.39 is 0 Å². The summed E-state index contributed by atoms with van der Waals surface area (Å²) in [5, 5.41) is 5.98. The number of nitrogens with zero attached hydrogens (tertiary/aromatic N) is 1. The molecule has 2 rings (SSSR count). The number of nitrogens with one attached hydrogen (secondary N) is 2. The molecule has 0 bridgehead atoms. The topological polar surface area (TPSA) is 70.7 Å². The van der Waals surface area contributed by atoms with E-state index in [0.717, 1.165) is 25.9 Å². The molecule has 1 heterocycles. The molecule has 0 spiro atoms. The SMILES string of the molecule is COc1ccccc1C(=O)NCC1CCN(C(=O)NC(C)(C)C)CC1. The summed E-state index contributed by atoms with van der Waals surface area (Å²) in [6, 6.07) is 7.19. The second-order valence-corrected chi connectivity index (χ2v) is 7.52. The van der Waals surface area contributed by atoms with Crippen LogP contribution in [0.5, 0.6) is 5.75 Å². The summed E-state index contributed by atoms with van der Waals surface area (Å²) < 4.78 is 5.23. The minimum absolute atomic E-state index is 0.0102. The molecule has 138 valence electrons. The standard InChI is InChI=1S/C19H29N3O3/c1-19(2,3)21-18(24)22-11-9-14(10-12-22)13-20-17(23)15-7-5-6-8-16(15)25-4/h5-8,14H,9-13H2,1-4H3,(H,20,23)(H,21,24). The first-order valence-corrected chi connectivity index (χ1v) is 8.78. The van der Waals surface area contributed by atoms with E-state index in [4.69, 9.17) is 4.74 Å². The summed E-state index contributed by atoms with van der Waals surface area (Å²) in [6.45, 7) is 7.99. The van der Waals surface area contributed by atoms with Crippen molar-refractivity contribution in [2.75, 3.05) is 26.7 Å². The van der Waals surface area contributed by atoms with Crippen molar-refractivity contribution >= 4 is 11.9 Å². The van der Waals surface area contributed by atoms with Gasteiger partial charge in [0.1, 0.15) is 5.75 Å². The number of methoxy groups -OCH3 is 1. The number of amides is 3. The number of piperidine rings is 1. The van der Waals surface area contributed by atoms with Gasteiger partial charge in [-0.15, -0.1) is 0 Å². The first-order chi connectivity index (χ1) is 11.8. The third-order valence-corrected chi connectivity index (χ3v) is 4.29. The summed E-state index contributed by atoms with van der Waals surface area (Å²) in [5.74, 6) is 0.844. The monoisotopic (exact) mass is 347 g/mol. The highest BCUT2D eigenvalue weighted by Gasteiger charge is 2.25. The molecule has 1 saturated heterocycles. The van der Waals surface area contributed by atoms with Gasteiger partial charge in [-0.2, -0.15) is 0 Å². The Morgan fingerprint density at radius 2 is 1.84 bits per heavy atom. The van der Waals surface area contributed by atoms with Gasteiger partial charge in [0.2, 0.25) is 0 Å². The lowest BCUT2D eigenvalue weighted by Gasteiger charge is -2.34. The van der Waals surface area contributed by atoms with Crippen LogP contribution in [0.1, 0.15) is 44.0 Å². The molecule has 0 aromatic heterocycles. The van der Waals surface area contributed by atoms with Crippen LogP contribution in [0.2, 0.25) is 0 Å². The van der Waals surface area contributed by atoms with Crippen molar-refractivity contribution in [2.45, 2.75) is 39.2 Å². The average molecular weight is 347 g/mol. The normalized spacial score (nSPS) is 15.6. The van der Waals surface area contributed by atoms with Gasteiger partial charge in [-0.25, -0.2) is 4.79 Å². The van der Waals surface area contributed by atoms with Crippen LogP contribution in [0.15, 0.2) is 24.3 Å². The van der Waals surface area contributed by atoms with Gasteiger partial charge in [0.25, 0.3) is 5.91 Å². The molecule has 1 aromatic carbocycles. The molecule has 0 saturated carbocycles. The second-order valence-electron chi connectivity index (χ2n) is 7.52. The van der Waals surface area contributed by atoms with E-state index in [1.165, 1.54) is 0 Å². The Bertz CT molecular complexity index is 602. The smallest absolute Gasteiger partial charge is 0.317 e. The molecule has 0 radical (unpaired) electrons. The Hall–Kier alpha value is -2.24. The highest BCUT2D eigenvalue weighted by molar-refractivity contribution is 5.96. The summed E-state index contributed by atoms with van der Waals surface area (Å²) in [6.07, 6.45) is 1.79.